The first-order chi connectivity index (χ1) is 3.68. The second-order valence-electron chi connectivity index (χ2n) is 1.24. The number of hydrogen-bond acceptors (Lipinski definition) is 3. The molecule has 0 aliphatic heterocycles. The molecule has 0 aliphatic carbocycles. The van der Waals surface area contributed by atoms with E-state index < -0.39 is 5.97 Å². The van der Waals surface area contributed by atoms with Gasteiger partial charge in [-0.25, -0.2) is 4.79 Å². The number of hydrogen-bond donors (Lipinski definition) is 1. The summed E-state index contributed by atoms with van der Waals surface area (Å²) in [5.41, 5.74) is 2.34. The molecule has 4 nitrogen and oxygen atoms in total. The standard InChI is InChI=1S/C4H6NO3/c1-3(2)4(6)8-5-7/h7H,1H2,2H3. The number of carbonyl (C=O) groups excluding carboxylic acids is 1. The lowest BCUT2D eigenvalue weighted by Gasteiger charge is -1.92. The van der Waals surface area contributed by atoms with Crippen LogP contribution in [0.15, 0.2) is 12.2 Å². The third-order valence-electron chi connectivity index (χ3n) is 0.472. The van der Waals surface area contributed by atoms with Crippen molar-refractivity contribution in [2.45, 2.75) is 6.92 Å². The Hall–Kier alpha value is -0.870. The van der Waals surface area contributed by atoms with Gasteiger partial charge in [-0.2, -0.15) is 0 Å². The van der Waals surface area contributed by atoms with Gasteiger partial charge in [-0.3, -0.25) is 5.21 Å². The van der Waals surface area contributed by atoms with E-state index >= 15 is 0 Å². The SMILES string of the molecule is C=C(C)C(=O)O[N]O. The van der Waals surface area contributed by atoms with Crippen molar-refractivity contribution in [1.82, 2.24) is 5.64 Å². The molecule has 0 saturated heterocycles. The summed E-state index contributed by atoms with van der Waals surface area (Å²) in [6.07, 6.45) is 0. The van der Waals surface area contributed by atoms with Crippen LogP contribution < -0.4 is 5.64 Å². The van der Waals surface area contributed by atoms with Crippen LogP contribution in [0.1, 0.15) is 6.92 Å². The van der Waals surface area contributed by atoms with Crippen molar-refractivity contribution in [2.75, 3.05) is 0 Å². The smallest absolute Gasteiger partial charge is 0.319 e. The topological polar surface area (TPSA) is 60.6 Å². The third kappa shape index (κ3) is 2.33. The van der Waals surface area contributed by atoms with E-state index in [1.54, 1.807) is 0 Å². The summed E-state index contributed by atoms with van der Waals surface area (Å²) in [5, 5.41) is 7.63. The van der Waals surface area contributed by atoms with Gasteiger partial charge in [0.05, 0.1) is 0 Å². The summed E-state index contributed by atoms with van der Waals surface area (Å²) in [4.78, 5) is 13.9. The van der Waals surface area contributed by atoms with Gasteiger partial charge >= 0.3 is 5.97 Å². The molecule has 0 aliphatic rings. The molecule has 0 spiro atoms. The molecule has 0 saturated carbocycles. The minimum absolute atomic E-state index is 0.197. The maximum absolute atomic E-state index is 10.2. The van der Waals surface area contributed by atoms with Crippen molar-refractivity contribution < 1.29 is 14.8 Å². The Morgan fingerprint density at radius 3 is 2.50 bits per heavy atom. The largest absolute Gasteiger partial charge is 0.356 e. The van der Waals surface area contributed by atoms with Crippen molar-refractivity contribution in [3.8, 4) is 0 Å². The Labute approximate surface area is 46.7 Å². The lowest BCUT2D eigenvalue weighted by molar-refractivity contribution is -0.174. The normalized spacial score (nSPS) is 8.25. The number of rotatable bonds is 2. The zero-order valence-electron chi connectivity index (χ0n) is 4.42. The van der Waals surface area contributed by atoms with Crippen molar-refractivity contribution >= 4 is 5.97 Å². The van der Waals surface area contributed by atoms with Gasteiger partial charge in [0.15, 0.2) is 0 Å². The monoisotopic (exact) mass is 116 g/mol. The lowest BCUT2D eigenvalue weighted by atomic mass is 10.4. The molecule has 4 heteroatoms. The highest BCUT2D eigenvalue weighted by atomic mass is 16.9. The van der Waals surface area contributed by atoms with Crippen molar-refractivity contribution in [3.63, 3.8) is 0 Å². The Balaban J connectivity index is 3.49. The molecule has 0 aromatic heterocycles. The summed E-state index contributed by atoms with van der Waals surface area (Å²) < 4.78 is 0. The van der Waals surface area contributed by atoms with Crippen LogP contribution in [-0.2, 0) is 9.63 Å². The molecule has 45 valence electrons. The first-order valence-corrected chi connectivity index (χ1v) is 1.89. The highest BCUT2D eigenvalue weighted by Gasteiger charge is 2.00. The first-order valence-electron chi connectivity index (χ1n) is 1.89. The van der Waals surface area contributed by atoms with Crippen LogP contribution >= 0.6 is 0 Å². The van der Waals surface area contributed by atoms with E-state index in [0.29, 0.717) is 0 Å². The van der Waals surface area contributed by atoms with E-state index in [0.717, 1.165) is 0 Å². The van der Waals surface area contributed by atoms with Crippen molar-refractivity contribution in [1.29, 1.82) is 0 Å². The summed E-state index contributed by atoms with van der Waals surface area (Å²) in [6, 6.07) is 0. The highest BCUT2D eigenvalue weighted by molar-refractivity contribution is 5.86. The van der Waals surface area contributed by atoms with Crippen LogP contribution in [-0.4, -0.2) is 11.2 Å². The third-order valence-corrected chi connectivity index (χ3v) is 0.472. The Morgan fingerprint density at radius 1 is 1.88 bits per heavy atom. The highest BCUT2D eigenvalue weighted by Crippen LogP contribution is 1.87. The fourth-order valence-corrected chi connectivity index (χ4v) is 0.115. The van der Waals surface area contributed by atoms with Crippen LogP contribution in [0, 0.1) is 0 Å². The summed E-state index contributed by atoms with van der Waals surface area (Å²) in [5.74, 6) is -0.729. The Morgan fingerprint density at radius 2 is 2.38 bits per heavy atom. The maximum Gasteiger partial charge on any atom is 0.356 e. The van der Waals surface area contributed by atoms with Gasteiger partial charge < -0.3 is 4.84 Å². The van der Waals surface area contributed by atoms with Crippen LogP contribution in [0.25, 0.3) is 0 Å². The van der Waals surface area contributed by atoms with E-state index in [1.807, 2.05) is 0 Å². The molecule has 8 heavy (non-hydrogen) atoms. The molecular formula is C4H6NO3. The minimum atomic E-state index is -0.729. The van der Waals surface area contributed by atoms with Crippen LogP contribution in [0.4, 0.5) is 0 Å². The number of nitrogens with zero attached hydrogens (tertiary/aromatic N) is 1. The summed E-state index contributed by atoms with van der Waals surface area (Å²) in [7, 11) is 0. The van der Waals surface area contributed by atoms with Crippen LogP contribution in [0.3, 0.4) is 0 Å². The maximum atomic E-state index is 10.2. The fourth-order valence-electron chi connectivity index (χ4n) is 0.115. The van der Waals surface area contributed by atoms with Gasteiger partial charge in [0.25, 0.3) is 0 Å². The molecule has 0 heterocycles. The zero-order chi connectivity index (χ0) is 6.57. The molecule has 1 radical (unpaired) electrons. The molecular weight excluding hydrogens is 110 g/mol. The molecule has 0 aromatic rings. The van der Waals surface area contributed by atoms with Gasteiger partial charge in [-0.1, -0.05) is 6.58 Å². The van der Waals surface area contributed by atoms with Crippen LogP contribution in [0.2, 0.25) is 0 Å². The summed E-state index contributed by atoms with van der Waals surface area (Å²) >= 11 is 0. The molecule has 0 fully saturated rings. The Bertz CT molecular complexity index is 110. The second-order valence-corrected chi connectivity index (χ2v) is 1.24. The van der Waals surface area contributed by atoms with Crippen molar-refractivity contribution in [3.05, 3.63) is 12.2 Å². The lowest BCUT2D eigenvalue weighted by Crippen LogP contribution is -2.09. The van der Waals surface area contributed by atoms with Crippen LogP contribution in [0.5, 0.6) is 0 Å². The van der Waals surface area contributed by atoms with Crippen molar-refractivity contribution in [2.24, 2.45) is 0 Å². The molecule has 0 atom stereocenters. The predicted octanol–water partition coefficient (Wildman–Crippen LogP) is 0.0143. The Kier molecular flexibility index (Phi) is 2.83. The predicted molar refractivity (Wildman–Crippen MR) is 24.8 cm³/mol. The molecule has 0 aromatic carbocycles. The molecule has 0 bridgehead atoms. The van der Waals surface area contributed by atoms with E-state index in [4.69, 9.17) is 5.21 Å². The van der Waals surface area contributed by atoms with E-state index in [-0.39, 0.29) is 5.57 Å². The zero-order valence-corrected chi connectivity index (χ0v) is 4.42. The molecule has 0 rings (SSSR count). The van der Waals surface area contributed by atoms with Gasteiger partial charge in [-0.05, 0) is 6.92 Å². The molecule has 0 amide bonds. The average Bonchev–Trinajstić information content (AvgIpc) is 1.67. The minimum Gasteiger partial charge on any atom is -0.319 e. The average molecular weight is 116 g/mol. The van der Waals surface area contributed by atoms with E-state index in [1.165, 1.54) is 6.92 Å². The van der Waals surface area contributed by atoms with Gasteiger partial charge in [-0.15, -0.1) is 0 Å². The number of carbonyl (C=O) groups is 1. The first kappa shape index (κ1) is 7.13. The van der Waals surface area contributed by atoms with E-state index in [9.17, 15) is 4.79 Å². The van der Waals surface area contributed by atoms with Gasteiger partial charge in [0, 0.05) is 5.57 Å². The van der Waals surface area contributed by atoms with Gasteiger partial charge in [0.1, 0.15) is 5.64 Å². The summed E-state index contributed by atoms with van der Waals surface area (Å²) in [6.45, 7) is 4.68. The van der Waals surface area contributed by atoms with E-state index in [2.05, 4.69) is 17.1 Å². The second kappa shape index (κ2) is 3.17. The fraction of sp³-hybridized carbons (Fsp3) is 0.250. The molecule has 0 unspecified atom stereocenters. The quantitative estimate of drug-likeness (QED) is 0.408. The van der Waals surface area contributed by atoms with Gasteiger partial charge in [0.2, 0.25) is 0 Å². The molecule has 1 N–H and O–H groups in total.